The van der Waals surface area contributed by atoms with Crippen LogP contribution in [0.1, 0.15) is 55.7 Å². The Morgan fingerprint density at radius 1 is 1.50 bits per heavy atom. The van der Waals surface area contributed by atoms with Gasteiger partial charge in [0.2, 0.25) is 5.69 Å². The van der Waals surface area contributed by atoms with Gasteiger partial charge in [0, 0.05) is 19.7 Å². The summed E-state index contributed by atoms with van der Waals surface area (Å²) in [6.45, 7) is 6.41. The number of carbonyl (C=O) groups is 1. The number of aromatic nitrogens is 2. The molecule has 134 valence electrons. The normalized spacial score (nSPS) is 21.0. The van der Waals surface area contributed by atoms with Crippen molar-refractivity contribution in [2.75, 3.05) is 6.61 Å². The first-order valence-electron chi connectivity index (χ1n) is 8.49. The quantitative estimate of drug-likeness (QED) is 0.634. The second kappa shape index (κ2) is 7.74. The summed E-state index contributed by atoms with van der Waals surface area (Å²) >= 11 is 0. The molecule has 0 aromatic carbocycles. The summed E-state index contributed by atoms with van der Waals surface area (Å²) in [5.74, 6) is 0.0259. The van der Waals surface area contributed by atoms with Gasteiger partial charge < -0.3 is 10.1 Å². The first-order valence-corrected chi connectivity index (χ1v) is 8.49. The van der Waals surface area contributed by atoms with Crippen molar-refractivity contribution in [3.8, 4) is 0 Å². The summed E-state index contributed by atoms with van der Waals surface area (Å²) in [7, 11) is 1.55. The van der Waals surface area contributed by atoms with Crippen LogP contribution in [0.4, 0.5) is 5.69 Å². The van der Waals surface area contributed by atoms with Crippen molar-refractivity contribution in [2.45, 2.75) is 58.6 Å². The number of amides is 1. The number of carbonyl (C=O) groups excluding carboxylic acids is 1. The molecule has 0 spiro atoms. The summed E-state index contributed by atoms with van der Waals surface area (Å²) in [6, 6.07) is -0.0355. The molecule has 1 amide bonds. The third kappa shape index (κ3) is 3.75. The summed E-state index contributed by atoms with van der Waals surface area (Å²) in [5, 5.41) is 18.2. The Labute approximate surface area is 141 Å². The highest BCUT2D eigenvalue weighted by atomic mass is 16.6. The molecule has 0 radical (unpaired) electrons. The Morgan fingerprint density at radius 3 is 2.75 bits per heavy atom. The van der Waals surface area contributed by atoms with Crippen LogP contribution in [0.25, 0.3) is 0 Å². The van der Waals surface area contributed by atoms with Crippen molar-refractivity contribution >= 4 is 11.6 Å². The molecule has 1 aromatic rings. The number of ether oxygens (including phenoxy) is 1. The fourth-order valence-electron chi connectivity index (χ4n) is 3.48. The highest BCUT2D eigenvalue weighted by Gasteiger charge is 2.33. The lowest BCUT2D eigenvalue weighted by Gasteiger charge is -2.34. The second-order valence-corrected chi connectivity index (χ2v) is 6.34. The maximum absolute atomic E-state index is 12.6. The van der Waals surface area contributed by atoms with E-state index in [4.69, 9.17) is 4.74 Å². The highest BCUT2D eigenvalue weighted by Crippen LogP contribution is 2.26. The summed E-state index contributed by atoms with van der Waals surface area (Å²) < 4.78 is 7.13. The van der Waals surface area contributed by atoms with Crippen LogP contribution in [0.2, 0.25) is 0 Å². The Kier molecular flexibility index (Phi) is 5.93. The Morgan fingerprint density at radius 2 is 2.17 bits per heavy atom. The molecule has 1 aliphatic rings. The number of nitrogens with zero attached hydrogens (tertiary/aromatic N) is 3. The molecule has 0 saturated carbocycles. The van der Waals surface area contributed by atoms with Crippen molar-refractivity contribution in [3.05, 3.63) is 21.5 Å². The molecular weight excluding hydrogens is 312 g/mol. The van der Waals surface area contributed by atoms with Crippen molar-refractivity contribution in [2.24, 2.45) is 13.0 Å². The van der Waals surface area contributed by atoms with Crippen molar-refractivity contribution in [1.29, 1.82) is 0 Å². The van der Waals surface area contributed by atoms with Crippen LogP contribution in [0.3, 0.4) is 0 Å². The van der Waals surface area contributed by atoms with Gasteiger partial charge >= 0.3 is 5.69 Å². The van der Waals surface area contributed by atoms with Crippen LogP contribution in [-0.2, 0) is 11.8 Å². The van der Waals surface area contributed by atoms with Gasteiger partial charge in [0.25, 0.3) is 5.91 Å². The minimum atomic E-state index is -0.547. The SMILES string of the molecule is CCC(CC)[C@@H]1C[C@@H](NC(=O)c2c([N+](=O)[O-])c(C)nn2C)CCO1. The second-order valence-electron chi connectivity index (χ2n) is 6.34. The van der Waals surface area contributed by atoms with E-state index in [0.717, 1.165) is 19.3 Å². The molecule has 0 unspecified atom stereocenters. The van der Waals surface area contributed by atoms with Crippen molar-refractivity contribution in [3.63, 3.8) is 0 Å². The number of rotatable bonds is 6. The molecule has 2 atom stereocenters. The van der Waals surface area contributed by atoms with E-state index in [9.17, 15) is 14.9 Å². The molecule has 1 fully saturated rings. The largest absolute Gasteiger partial charge is 0.378 e. The van der Waals surface area contributed by atoms with Gasteiger partial charge in [-0.25, -0.2) is 0 Å². The van der Waals surface area contributed by atoms with E-state index in [-0.39, 0.29) is 29.2 Å². The van der Waals surface area contributed by atoms with Crippen LogP contribution in [0.5, 0.6) is 0 Å². The van der Waals surface area contributed by atoms with Gasteiger partial charge in [0.15, 0.2) is 0 Å². The minimum absolute atomic E-state index is 0.00285. The minimum Gasteiger partial charge on any atom is -0.378 e. The Bertz CT molecular complexity index is 609. The molecule has 0 aliphatic carbocycles. The van der Waals surface area contributed by atoms with Gasteiger partial charge in [-0.05, 0) is 25.7 Å². The number of aryl methyl sites for hydroxylation is 2. The topological polar surface area (TPSA) is 99.3 Å². The molecule has 2 heterocycles. The zero-order valence-corrected chi connectivity index (χ0v) is 14.7. The smallest absolute Gasteiger partial charge is 0.322 e. The maximum Gasteiger partial charge on any atom is 0.322 e. The fourth-order valence-corrected chi connectivity index (χ4v) is 3.48. The van der Waals surface area contributed by atoms with Gasteiger partial charge in [-0.1, -0.05) is 26.7 Å². The average Bonchev–Trinajstić information content (AvgIpc) is 2.83. The zero-order valence-electron chi connectivity index (χ0n) is 14.7. The van der Waals surface area contributed by atoms with E-state index in [0.29, 0.717) is 18.9 Å². The number of hydrogen-bond acceptors (Lipinski definition) is 5. The Balaban J connectivity index is 2.11. The molecule has 0 bridgehead atoms. The molecule has 1 aromatic heterocycles. The summed E-state index contributed by atoms with van der Waals surface area (Å²) in [5.41, 5.74) is 0.0243. The van der Waals surface area contributed by atoms with Gasteiger partial charge in [-0.3, -0.25) is 19.6 Å². The van der Waals surface area contributed by atoms with Crippen LogP contribution in [0, 0.1) is 23.0 Å². The molecule has 1 saturated heterocycles. The first kappa shape index (κ1) is 18.4. The summed E-state index contributed by atoms with van der Waals surface area (Å²) in [6.07, 6.45) is 3.65. The zero-order chi connectivity index (χ0) is 17.9. The van der Waals surface area contributed by atoms with Crippen LogP contribution < -0.4 is 5.32 Å². The monoisotopic (exact) mass is 338 g/mol. The van der Waals surface area contributed by atoms with Crippen molar-refractivity contribution < 1.29 is 14.5 Å². The molecular formula is C16H26N4O4. The number of nitrogens with one attached hydrogen (secondary N) is 1. The number of nitro groups is 1. The predicted octanol–water partition coefficient (Wildman–Crippen LogP) is 2.35. The van der Waals surface area contributed by atoms with Crippen LogP contribution in [-0.4, -0.2) is 39.4 Å². The highest BCUT2D eigenvalue weighted by molar-refractivity contribution is 5.97. The van der Waals surface area contributed by atoms with Gasteiger partial charge in [-0.15, -0.1) is 0 Å². The van der Waals surface area contributed by atoms with Gasteiger partial charge in [0.05, 0.1) is 11.0 Å². The van der Waals surface area contributed by atoms with E-state index < -0.39 is 10.8 Å². The first-order chi connectivity index (χ1) is 11.4. The lowest BCUT2D eigenvalue weighted by molar-refractivity contribution is -0.385. The van der Waals surface area contributed by atoms with E-state index in [1.165, 1.54) is 11.6 Å². The molecule has 8 heteroatoms. The van der Waals surface area contributed by atoms with Crippen LogP contribution >= 0.6 is 0 Å². The van der Waals surface area contributed by atoms with E-state index >= 15 is 0 Å². The fraction of sp³-hybridized carbons (Fsp3) is 0.750. The lowest BCUT2D eigenvalue weighted by atomic mass is 9.89. The molecule has 1 N–H and O–H groups in total. The van der Waals surface area contributed by atoms with Crippen LogP contribution in [0.15, 0.2) is 0 Å². The maximum atomic E-state index is 12.6. The van der Waals surface area contributed by atoms with E-state index in [1.54, 1.807) is 7.05 Å². The third-order valence-electron chi connectivity index (χ3n) is 4.81. The predicted molar refractivity (Wildman–Crippen MR) is 88.9 cm³/mol. The average molecular weight is 338 g/mol. The molecule has 24 heavy (non-hydrogen) atoms. The Hall–Kier alpha value is -1.96. The van der Waals surface area contributed by atoms with E-state index in [1.807, 2.05) is 0 Å². The summed E-state index contributed by atoms with van der Waals surface area (Å²) in [4.78, 5) is 23.2. The van der Waals surface area contributed by atoms with Gasteiger partial charge in [0.1, 0.15) is 5.69 Å². The van der Waals surface area contributed by atoms with Crippen molar-refractivity contribution in [1.82, 2.24) is 15.1 Å². The number of hydrogen-bond donors (Lipinski definition) is 1. The molecule has 2 rings (SSSR count). The molecule has 1 aliphatic heterocycles. The lowest BCUT2D eigenvalue weighted by Crippen LogP contribution is -2.44. The standard InChI is InChI=1S/C16H26N4O4/c1-5-11(6-2)13-9-12(7-8-24-13)17-16(21)15-14(20(22)23)10(3)18-19(15)4/h11-13H,5-9H2,1-4H3,(H,17,21)/t12-,13-/m0/s1. The third-order valence-corrected chi connectivity index (χ3v) is 4.81. The molecule has 8 nitrogen and oxygen atoms in total. The van der Waals surface area contributed by atoms with Gasteiger partial charge in [-0.2, -0.15) is 5.10 Å². The van der Waals surface area contributed by atoms with E-state index in [2.05, 4.69) is 24.3 Å².